The summed E-state index contributed by atoms with van der Waals surface area (Å²) in [5.41, 5.74) is 0.876. The number of anilines is 1. The van der Waals surface area contributed by atoms with E-state index >= 15 is 0 Å². The zero-order valence-corrected chi connectivity index (χ0v) is 20.0. The van der Waals surface area contributed by atoms with E-state index < -0.39 is 0 Å². The second-order valence-electron chi connectivity index (χ2n) is 9.05. The van der Waals surface area contributed by atoms with Gasteiger partial charge in [-0.2, -0.15) is 9.78 Å². The van der Waals surface area contributed by atoms with Crippen LogP contribution in [0.4, 0.5) is 5.69 Å². The van der Waals surface area contributed by atoms with Gasteiger partial charge >= 0.3 is 0 Å². The zero-order chi connectivity index (χ0) is 22.8. The summed E-state index contributed by atoms with van der Waals surface area (Å²) >= 11 is 12.4. The monoisotopic (exact) mass is 477 g/mol. The third kappa shape index (κ3) is 5.11. The zero-order valence-electron chi connectivity index (χ0n) is 18.5. The van der Waals surface area contributed by atoms with Crippen LogP contribution in [0.3, 0.4) is 0 Å². The molecule has 0 N–H and O–H groups in total. The van der Waals surface area contributed by atoms with Gasteiger partial charge in [0.15, 0.2) is 0 Å². The van der Waals surface area contributed by atoms with Gasteiger partial charge in [-0.1, -0.05) is 37.0 Å². The van der Waals surface area contributed by atoms with Crippen LogP contribution in [0.25, 0.3) is 5.69 Å². The number of carbonyl (C=O) groups excluding carboxylic acids is 1. The molecule has 2 fully saturated rings. The van der Waals surface area contributed by atoms with Gasteiger partial charge in [-0.15, -0.1) is 0 Å². The van der Waals surface area contributed by atoms with Crippen molar-refractivity contribution < 1.29 is 4.79 Å². The summed E-state index contributed by atoms with van der Waals surface area (Å²) in [5.74, 6) is 1.33. The van der Waals surface area contributed by atoms with Gasteiger partial charge in [-0.05, 0) is 42.5 Å². The molecule has 2 aromatic rings. The number of rotatable bonds is 4. The molecule has 4 rings (SSSR count). The molecule has 1 aromatic heterocycles. The van der Waals surface area contributed by atoms with Crippen LogP contribution in [0.1, 0.15) is 20.3 Å². The first-order valence-corrected chi connectivity index (χ1v) is 11.9. The molecule has 1 aromatic carbocycles. The molecule has 0 spiro atoms. The van der Waals surface area contributed by atoms with Gasteiger partial charge in [0.25, 0.3) is 5.56 Å². The van der Waals surface area contributed by atoms with Crippen LogP contribution in [-0.2, 0) is 4.79 Å². The number of likely N-dealkylation sites (tertiary alicyclic amines) is 1. The lowest BCUT2D eigenvalue weighted by atomic mass is 9.92. The van der Waals surface area contributed by atoms with Crippen molar-refractivity contribution in [2.24, 2.45) is 11.8 Å². The van der Waals surface area contributed by atoms with Crippen LogP contribution < -0.4 is 10.5 Å². The second kappa shape index (κ2) is 9.81. The van der Waals surface area contributed by atoms with Gasteiger partial charge in [-0.25, -0.2) is 0 Å². The number of nitrogens with zero attached hydrogens (tertiary/aromatic N) is 5. The molecule has 2 aliphatic heterocycles. The van der Waals surface area contributed by atoms with Crippen LogP contribution >= 0.6 is 23.2 Å². The van der Waals surface area contributed by atoms with E-state index in [1.165, 1.54) is 11.1 Å². The van der Waals surface area contributed by atoms with E-state index in [-0.39, 0.29) is 16.5 Å². The molecule has 0 aliphatic carbocycles. The third-order valence-electron chi connectivity index (χ3n) is 6.27. The molecule has 2 aliphatic rings. The largest absolute Gasteiger partial charge is 0.366 e. The fourth-order valence-corrected chi connectivity index (χ4v) is 5.09. The topological polar surface area (TPSA) is 61.7 Å². The summed E-state index contributed by atoms with van der Waals surface area (Å²) in [6.07, 6.45) is 2.82. The fourth-order valence-electron chi connectivity index (χ4n) is 4.72. The average Bonchev–Trinajstić information content (AvgIpc) is 2.76. The number of halogens is 2. The summed E-state index contributed by atoms with van der Waals surface area (Å²) in [6, 6.07) is 6.87. The van der Waals surface area contributed by atoms with E-state index in [9.17, 15) is 9.59 Å². The molecule has 32 heavy (non-hydrogen) atoms. The van der Waals surface area contributed by atoms with E-state index in [0.717, 1.165) is 26.2 Å². The summed E-state index contributed by atoms with van der Waals surface area (Å²) < 4.78 is 1.28. The Bertz CT molecular complexity index is 1010. The van der Waals surface area contributed by atoms with E-state index in [4.69, 9.17) is 23.2 Å². The molecule has 0 radical (unpaired) electrons. The maximum absolute atomic E-state index is 12.8. The van der Waals surface area contributed by atoms with Crippen molar-refractivity contribution in [3.63, 3.8) is 0 Å². The normalized spacial score (nSPS) is 22.2. The first-order chi connectivity index (χ1) is 15.3. The van der Waals surface area contributed by atoms with Crippen molar-refractivity contribution in [2.45, 2.75) is 20.3 Å². The Hall–Kier alpha value is -2.09. The van der Waals surface area contributed by atoms with Crippen LogP contribution in [0.2, 0.25) is 10.0 Å². The number of benzene rings is 1. The molecular formula is C23H29Cl2N5O2. The second-order valence-corrected chi connectivity index (χ2v) is 9.86. The number of hydrogen-bond acceptors (Lipinski definition) is 5. The van der Waals surface area contributed by atoms with Gasteiger partial charge in [0, 0.05) is 44.3 Å². The van der Waals surface area contributed by atoms with Crippen LogP contribution in [0, 0.1) is 11.8 Å². The Balaban J connectivity index is 1.38. The van der Waals surface area contributed by atoms with E-state index in [2.05, 4.69) is 28.7 Å². The van der Waals surface area contributed by atoms with Crippen molar-refractivity contribution in [1.29, 1.82) is 0 Å². The van der Waals surface area contributed by atoms with E-state index in [0.29, 0.717) is 47.9 Å². The van der Waals surface area contributed by atoms with E-state index in [1.807, 2.05) is 4.90 Å². The van der Waals surface area contributed by atoms with Gasteiger partial charge in [0.2, 0.25) is 5.91 Å². The standard InChI is InChI=1S/C23H29Cl2N5O2/c1-16-11-17(2)14-29(13-16)21(31)15-27-7-9-28(10-8-27)20-12-26-30(23(32)22(20)25)19-5-3-18(24)4-6-19/h3-6,12,16-17H,7-11,13-15H2,1-2H3. The van der Waals surface area contributed by atoms with Gasteiger partial charge in [0.1, 0.15) is 5.02 Å². The summed E-state index contributed by atoms with van der Waals surface area (Å²) in [6.45, 7) is 9.43. The Labute approximate surface area is 198 Å². The number of carbonyl (C=O) groups is 1. The highest BCUT2D eigenvalue weighted by molar-refractivity contribution is 6.33. The quantitative estimate of drug-likeness (QED) is 0.676. The molecule has 0 saturated carbocycles. The Kier molecular flexibility index (Phi) is 7.08. The molecule has 172 valence electrons. The number of aromatic nitrogens is 2. The van der Waals surface area contributed by atoms with Crippen molar-refractivity contribution in [2.75, 3.05) is 50.7 Å². The molecule has 2 unspecified atom stereocenters. The first-order valence-electron chi connectivity index (χ1n) is 11.1. The lowest BCUT2D eigenvalue weighted by Gasteiger charge is -2.39. The molecule has 9 heteroatoms. The Morgan fingerprint density at radius 3 is 2.28 bits per heavy atom. The number of piperidine rings is 1. The van der Waals surface area contributed by atoms with Crippen LogP contribution in [0.5, 0.6) is 0 Å². The fraction of sp³-hybridized carbons (Fsp3) is 0.522. The highest BCUT2D eigenvalue weighted by Gasteiger charge is 2.28. The van der Waals surface area contributed by atoms with E-state index in [1.54, 1.807) is 30.5 Å². The molecule has 1 amide bonds. The highest BCUT2D eigenvalue weighted by atomic mass is 35.5. The van der Waals surface area contributed by atoms with Gasteiger partial charge in [-0.3, -0.25) is 14.5 Å². The highest BCUT2D eigenvalue weighted by Crippen LogP contribution is 2.24. The predicted molar refractivity (Wildman–Crippen MR) is 128 cm³/mol. The minimum Gasteiger partial charge on any atom is -0.366 e. The maximum Gasteiger partial charge on any atom is 0.292 e. The SMILES string of the molecule is CC1CC(C)CN(C(=O)CN2CCN(c3cnn(-c4ccc(Cl)cc4)c(=O)c3Cl)CC2)C1. The smallest absolute Gasteiger partial charge is 0.292 e. The molecular weight excluding hydrogens is 449 g/mol. The van der Waals surface area contributed by atoms with Crippen LogP contribution in [-0.4, -0.2) is 71.3 Å². The van der Waals surface area contributed by atoms with Crippen molar-refractivity contribution in [3.8, 4) is 5.69 Å². The number of amides is 1. The molecule has 2 saturated heterocycles. The summed E-state index contributed by atoms with van der Waals surface area (Å²) in [7, 11) is 0. The number of hydrogen-bond donors (Lipinski definition) is 0. The van der Waals surface area contributed by atoms with Crippen molar-refractivity contribution >= 4 is 34.8 Å². The van der Waals surface area contributed by atoms with Crippen molar-refractivity contribution in [1.82, 2.24) is 19.6 Å². The van der Waals surface area contributed by atoms with Crippen LogP contribution in [0.15, 0.2) is 35.3 Å². The van der Waals surface area contributed by atoms with Gasteiger partial charge < -0.3 is 9.80 Å². The third-order valence-corrected chi connectivity index (χ3v) is 6.87. The Morgan fingerprint density at radius 1 is 1.03 bits per heavy atom. The average molecular weight is 478 g/mol. The van der Waals surface area contributed by atoms with Crippen molar-refractivity contribution in [3.05, 3.63) is 50.9 Å². The minimum atomic E-state index is -0.363. The summed E-state index contributed by atoms with van der Waals surface area (Å²) in [5, 5.41) is 5.05. The minimum absolute atomic E-state index is 0.149. The molecule has 0 bridgehead atoms. The predicted octanol–water partition coefficient (Wildman–Crippen LogP) is 3.17. The first kappa shape index (κ1) is 23.1. The number of piperazine rings is 1. The maximum atomic E-state index is 12.8. The molecule has 7 nitrogen and oxygen atoms in total. The lowest BCUT2D eigenvalue weighted by molar-refractivity contribution is -0.135. The molecule has 2 atom stereocenters. The lowest BCUT2D eigenvalue weighted by Crippen LogP contribution is -2.52. The summed E-state index contributed by atoms with van der Waals surface area (Å²) in [4.78, 5) is 31.9. The Morgan fingerprint density at radius 2 is 1.66 bits per heavy atom. The molecule has 3 heterocycles. The van der Waals surface area contributed by atoms with Gasteiger partial charge in [0.05, 0.1) is 24.1 Å².